The van der Waals surface area contributed by atoms with Crippen LogP contribution in [0.1, 0.15) is 31.5 Å². The van der Waals surface area contributed by atoms with E-state index in [1.165, 1.54) is 0 Å². The summed E-state index contributed by atoms with van der Waals surface area (Å²) in [6, 6.07) is 12.6. The van der Waals surface area contributed by atoms with Gasteiger partial charge in [-0.05, 0) is 61.6 Å². The number of methoxy groups -OCH3 is 1. The van der Waals surface area contributed by atoms with Gasteiger partial charge in [0.1, 0.15) is 5.75 Å². The second-order valence-corrected chi connectivity index (χ2v) is 7.74. The Morgan fingerprint density at radius 3 is 2.61 bits per heavy atom. The quantitative estimate of drug-likeness (QED) is 0.483. The van der Waals surface area contributed by atoms with Crippen molar-refractivity contribution in [3.8, 4) is 11.4 Å². The lowest BCUT2D eigenvalue weighted by atomic mass is 10.1. The van der Waals surface area contributed by atoms with Gasteiger partial charge in [0.05, 0.1) is 17.6 Å². The molecule has 0 atom stereocenters. The van der Waals surface area contributed by atoms with Crippen LogP contribution >= 0.6 is 0 Å². The fourth-order valence-corrected chi connectivity index (χ4v) is 2.91. The molecule has 3 rings (SSSR count). The lowest BCUT2D eigenvalue weighted by Crippen LogP contribution is -2.20. The molecule has 2 amide bonds. The number of carbonyl (C=O) groups is 1. The average molecular weight is 424 g/mol. The molecule has 0 aliphatic heterocycles. The zero-order valence-electron chi connectivity index (χ0n) is 18.4. The zero-order chi connectivity index (χ0) is 22.2. The number of rotatable bonds is 9. The van der Waals surface area contributed by atoms with Crippen LogP contribution in [0.25, 0.3) is 5.69 Å². The monoisotopic (exact) mass is 423 g/mol. The normalized spacial score (nSPS) is 10.9. The molecule has 8 nitrogen and oxygen atoms in total. The Bertz CT molecular complexity index is 999. The molecule has 0 saturated heterocycles. The fraction of sp³-hybridized carbons (Fsp3) is 0.348. The number of urea groups is 1. The van der Waals surface area contributed by atoms with Crippen molar-refractivity contribution in [2.24, 2.45) is 5.92 Å². The number of aromatic nitrogens is 3. The van der Waals surface area contributed by atoms with E-state index in [2.05, 4.69) is 34.8 Å². The summed E-state index contributed by atoms with van der Waals surface area (Å²) in [4.78, 5) is 12.4. The number of benzene rings is 2. The van der Waals surface area contributed by atoms with Crippen LogP contribution in [0.2, 0.25) is 0 Å². The highest BCUT2D eigenvalue weighted by atomic mass is 16.7. The Labute approximate surface area is 182 Å². The molecule has 2 N–H and O–H groups in total. The maximum atomic E-state index is 12.4. The van der Waals surface area contributed by atoms with Gasteiger partial charge in [-0.3, -0.25) is 0 Å². The van der Waals surface area contributed by atoms with Gasteiger partial charge in [-0.2, -0.15) is 0 Å². The average Bonchev–Trinajstić information content (AvgIpc) is 3.22. The number of amides is 2. The minimum absolute atomic E-state index is 0.145. The molecule has 31 heavy (non-hydrogen) atoms. The fourth-order valence-electron chi connectivity index (χ4n) is 2.91. The third kappa shape index (κ3) is 6.55. The van der Waals surface area contributed by atoms with Gasteiger partial charge in [-0.1, -0.05) is 25.1 Å². The Hall–Kier alpha value is -3.39. The summed E-state index contributed by atoms with van der Waals surface area (Å²) < 4.78 is 12.1. The van der Waals surface area contributed by atoms with Crippen LogP contribution in [0.3, 0.4) is 0 Å². The van der Waals surface area contributed by atoms with Gasteiger partial charge in [0.25, 0.3) is 0 Å². The van der Waals surface area contributed by atoms with Crippen LogP contribution in [-0.4, -0.2) is 34.9 Å². The maximum Gasteiger partial charge on any atom is 0.323 e. The minimum Gasteiger partial charge on any atom is -0.467 e. The Morgan fingerprint density at radius 1 is 1.13 bits per heavy atom. The predicted octanol–water partition coefficient (Wildman–Crippen LogP) is 4.79. The van der Waals surface area contributed by atoms with Crippen molar-refractivity contribution in [2.45, 2.75) is 33.6 Å². The molecule has 0 radical (unpaired) electrons. The van der Waals surface area contributed by atoms with E-state index in [0.29, 0.717) is 23.0 Å². The van der Waals surface area contributed by atoms with Crippen LogP contribution in [0.5, 0.6) is 5.75 Å². The molecule has 0 saturated carbocycles. The van der Waals surface area contributed by atoms with E-state index in [-0.39, 0.29) is 12.8 Å². The minimum atomic E-state index is -0.337. The van der Waals surface area contributed by atoms with E-state index in [1.807, 2.05) is 49.5 Å². The van der Waals surface area contributed by atoms with E-state index in [4.69, 9.17) is 9.47 Å². The summed E-state index contributed by atoms with van der Waals surface area (Å²) in [5, 5.41) is 14.1. The van der Waals surface area contributed by atoms with E-state index >= 15 is 0 Å². The number of ether oxygens (including phenoxy) is 2. The molecule has 8 heteroatoms. The van der Waals surface area contributed by atoms with Gasteiger partial charge >= 0.3 is 6.03 Å². The van der Waals surface area contributed by atoms with Crippen LogP contribution in [-0.2, 0) is 11.2 Å². The van der Waals surface area contributed by atoms with E-state index < -0.39 is 0 Å². The van der Waals surface area contributed by atoms with E-state index in [9.17, 15) is 4.79 Å². The highest BCUT2D eigenvalue weighted by molar-refractivity contribution is 6.00. The number of anilines is 2. The van der Waals surface area contributed by atoms with Crippen LogP contribution < -0.4 is 15.4 Å². The molecule has 0 aliphatic carbocycles. The SMILES string of the molecule is COCOc1ccc(C)c(NC(=O)Nc2ccc(-n3cc(CCC(C)C)nn3)cc2)c1. The lowest BCUT2D eigenvalue weighted by molar-refractivity contribution is 0.0511. The first-order valence-corrected chi connectivity index (χ1v) is 10.3. The van der Waals surface area contributed by atoms with Gasteiger partial charge in [-0.25, -0.2) is 9.48 Å². The second kappa shape index (κ2) is 10.6. The molecule has 0 spiro atoms. The Kier molecular flexibility index (Phi) is 7.61. The van der Waals surface area contributed by atoms with Crippen molar-refractivity contribution in [3.05, 3.63) is 59.9 Å². The van der Waals surface area contributed by atoms with Crippen LogP contribution in [0.15, 0.2) is 48.7 Å². The molecule has 0 aliphatic rings. The van der Waals surface area contributed by atoms with Gasteiger partial charge in [-0.15, -0.1) is 5.10 Å². The second-order valence-electron chi connectivity index (χ2n) is 7.74. The van der Waals surface area contributed by atoms with Crippen LogP contribution in [0.4, 0.5) is 16.2 Å². The van der Waals surface area contributed by atoms with Crippen molar-refractivity contribution in [1.29, 1.82) is 0 Å². The number of hydrogen-bond acceptors (Lipinski definition) is 5. The largest absolute Gasteiger partial charge is 0.467 e. The Morgan fingerprint density at radius 2 is 1.90 bits per heavy atom. The van der Waals surface area contributed by atoms with Gasteiger partial charge in [0.15, 0.2) is 6.79 Å². The third-order valence-electron chi connectivity index (χ3n) is 4.71. The highest BCUT2D eigenvalue weighted by Gasteiger charge is 2.08. The molecular weight excluding hydrogens is 394 g/mol. The Balaban J connectivity index is 1.59. The number of hydrogen-bond donors (Lipinski definition) is 2. The smallest absolute Gasteiger partial charge is 0.323 e. The van der Waals surface area contributed by atoms with Gasteiger partial charge in [0, 0.05) is 24.6 Å². The number of nitrogens with zero attached hydrogens (tertiary/aromatic N) is 3. The highest BCUT2D eigenvalue weighted by Crippen LogP contribution is 2.22. The first-order valence-electron chi connectivity index (χ1n) is 10.3. The maximum absolute atomic E-state index is 12.4. The summed E-state index contributed by atoms with van der Waals surface area (Å²) in [7, 11) is 1.56. The third-order valence-corrected chi connectivity index (χ3v) is 4.71. The summed E-state index contributed by atoms with van der Waals surface area (Å²) in [6.07, 6.45) is 3.94. The first-order chi connectivity index (χ1) is 14.9. The molecule has 1 aromatic heterocycles. The molecule has 0 bridgehead atoms. The molecular formula is C23H29N5O3. The van der Waals surface area contributed by atoms with Crippen molar-refractivity contribution < 1.29 is 14.3 Å². The van der Waals surface area contributed by atoms with Gasteiger partial charge in [0.2, 0.25) is 0 Å². The number of nitrogens with one attached hydrogen (secondary N) is 2. The molecule has 164 valence electrons. The lowest BCUT2D eigenvalue weighted by Gasteiger charge is -2.12. The summed E-state index contributed by atoms with van der Waals surface area (Å²) in [6.45, 7) is 6.45. The van der Waals surface area contributed by atoms with Crippen molar-refractivity contribution in [1.82, 2.24) is 15.0 Å². The van der Waals surface area contributed by atoms with Crippen LogP contribution in [0, 0.1) is 12.8 Å². The molecule has 3 aromatic rings. The number of carbonyl (C=O) groups excluding carboxylic acids is 1. The predicted molar refractivity (Wildman–Crippen MR) is 121 cm³/mol. The molecule has 2 aromatic carbocycles. The number of aryl methyl sites for hydroxylation is 2. The topological polar surface area (TPSA) is 90.3 Å². The summed E-state index contributed by atoms with van der Waals surface area (Å²) in [5.41, 5.74) is 4.12. The molecule has 0 fully saturated rings. The van der Waals surface area contributed by atoms with Gasteiger partial charge < -0.3 is 20.1 Å². The van der Waals surface area contributed by atoms with E-state index in [0.717, 1.165) is 29.8 Å². The standard InChI is InChI=1S/C23H29N5O3/c1-16(2)5-7-19-14-28(27-26-19)20-10-8-18(9-11-20)24-23(29)25-22-13-21(31-15-30-4)12-6-17(22)3/h6,8-14,16H,5,7,15H2,1-4H3,(H2,24,25,29). The first kappa shape index (κ1) is 22.3. The summed E-state index contributed by atoms with van der Waals surface area (Å²) in [5.74, 6) is 1.25. The summed E-state index contributed by atoms with van der Waals surface area (Å²) >= 11 is 0. The van der Waals surface area contributed by atoms with Crippen molar-refractivity contribution in [2.75, 3.05) is 24.5 Å². The molecule has 1 heterocycles. The van der Waals surface area contributed by atoms with Crippen molar-refractivity contribution in [3.63, 3.8) is 0 Å². The van der Waals surface area contributed by atoms with Crippen molar-refractivity contribution >= 4 is 17.4 Å². The molecule has 0 unspecified atom stereocenters. The zero-order valence-corrected chi connectivity index (χ0v) is 18.4. The van der Waals surface area contributed by atoms with E-state index in [1.54, 1.807) is 17.9 Å².